The van der Waals surface area contributed by atoms with Gasteiger partial charge in [0.2, 0.25) is 10.0 Å². The van der Waals surface area contributed by atoms with Gasteiger partial charge in [-0.1, -0.05) is 12.5 Å². The summed E-state index contributed by atoms with van der Waals surface area (Å²) in [4.78, 5) is 0.306. The van der Waals surface area contributed by atoms with Crippen LogP contribution in [0.2, 0.25) is 0 Å². The van der Waals surface area contributed by atoms with Crippen LogP contribution in [0.25, 0.3) is 0 Å². The maximum absolute atomic E-state index is 12.4. The summed E-state index contributed by atoms with van der Waals surface area (Å²) in [5.74, 6) is 1.59. The van der Waals surface area contributed by atoms with Crippen LogP contribution >= 0.6 is 12.2 Å². The molecule has 0 heterocycles. The molecule has 0 radical (unpaired) electrons. The number of anilines is 1. The monoisotopic (exact) mass is 367 g/mol. The van der Waals surface area contributed by atoms with Crippen LogP contribution in [0.4, 0.5) is 5.69 Å². The topological polar surface area (TPSA) is 61.4 Å². The molecule has 0 aromatic heterocycles. The van der Waals surface area contributed by atoms with E-state index in [4.69, 9.17) is 12.2 Å². The maximum Gasteiger partial charge on any atom is 0.242 e. The first-order chi connectivity index (χ1) is 11.3. The average Bonchev–Trinajstić information content (AvgIpc) is 3.11. The van der Waals surface area contributed by atoms with Gasteiger partial charge >= 0.3 is 0 Å². The molecule has 0 saturated heterocycles. The van der Waals surface area contributed by atoms with E-state index >= 15 is 0 Å². The standard InChI is InChI=1S/C17H25N3O2S2/c1-11-4-7-14(10-16(11)24(21,22)20(2)3)18-17(23)19-15-9-12-5-6-13(15)8-12/h4,7,10,12-13,15H,5-6,8-9H2,1-3H3,(H2,18,19,23)/t12-,13-,15-/m0/s1. The smallest absolute Gasteiger partial charge is 0.242 e. The molecule has 2 fully saturated rings. The molecule has 24 heavy (non-hydrogen) atoms. The molecule has 0 spiro atoms. The number of benzene rings is 1. The molecule has 1 aromatic carbocycles. The van der Waals surface area contributed by atoms with Crippen LogP contribution in [0.3, 0.4) is 0 Å². The number of sulfonamides is 1. The van der Waals surface area contributed by atoms with Gasteiger partial charge in [-0.05, 0) is 67.9 Å². The molecule has 3 rings (SSSR count). The minimum Gasteiger partial charge on any atom is -0.359 e. The fourth-order valence-corrected chi connectivity index (χ4v) is 5.32. The lowest BCUT2D eigenvalue weighted by Gasteiger charge is -2.24. The van der Waals surface area contributed by atoms with Crippen LogP contribution in [0.15, 0.2) is 23.1 Å². The number of hydrogen-bond acceptors (Lipinski definition) is 3. The number of fused-ring (bicyclic) bond motifs is 2. The quantitative estimate of drug-likeness (QED) is 0.801. The van der Waals surface area contributed by atoms with Crippen molar-refractivity contribution in [3.63, 3.8) is 0 Å². The first-order valence-corrected chi connectivity index (χ1v) is 10.2. The van der Waals surface area contributed by atoms with Gasteiger partial charge < -0.3 is 10.6 Å². The van der Waals surface area contributed by atoms with E-state index < -0.39 is 10.0 Å². The third kappa shape index (κ3) is 3.43. The maximum atomic E-state index is 12.4. The fraction of sp³-hybridized carbons (Fsp3) is 0.588. The van der Waals surface area contributed by atoms with Crippen molar-refractivity contribution in [2.75, 3.05) is 19.4 Å². The van der Waals surface area contributed by atoms with E-state index in [0.29, 0.717) is 21.7 Å². The third-order valence-corrected chi connectivity index (χ3v) is 7.44. The summed E-state index contributed by atoms with van der Waals surface area (Å²) < 4.78 is 26.0. The summed E-state index contributed by atoms with van der Waals surface area (Å²) in [6.45, 7) is 1.80. The van der Waals surface area contributed by atoms with Crippen LogP contribution in [0.1, 0.15) is 31.2 Å². The predicted octanol–water partition coefficient (Wildman–Crippen LogP) is 2.72. The van der Waals surface area contributed by atoms with E-state index in [1.54, 1.807) is 19.1 Å². The van der Waals surface area contributed by atoms with Crippen LogP contribution in [0, 0.1) is 18.8 Å². The zero-order valence-corrected chi connectivity index (χ0v) is 16.0. The largest absolute Gasteiger partial charge is 0.359 e. The highest BCUT2D eigenvalue weighted by Gasteiger charge is 2.39. The summed E-state index contributed by atoms with van der Waals surface area (Å²) in [5, 5.41) is 7.13. The second-order valence-electron chi connectivity index (χ2n) is 7.15. The minimum absolute atomic E-state index is 0.306. The Morgan fingerprint density at radius 1 is 1.25 bits per heavy atom. The normalized spacial score (nSPS) is 25.9. The Labute approximate surface area is 149 Å². The SMILES string of the molecule is Cc1ccc(NC(=S)N[C@H]2C[C@H]3CC[C@H]2C3)cc1S(=O)(=O)N(C)C. The van der Waals surface area contributed by atoms with Gasteiger partial charge in [-0.3, -0.25) is 0 Å². The Morgan fingerprint density at radius 2 is 2.00 bits per heavy atom. The average molecular weight is 368 g/mol. The van der Waals surface area contributed by atoms with Crippen LogP contribution in [0.5, 0.6) is 0 Å². The number of thiocarbonyl (C=S) groups is 1. The van der Waals surface area contributed by atoms with Gasteiger partial charge in [-0.15, -0.1) is 0 Å². The molecule has 1 aromatic rings. The summed E-state index contributed by atoms with van der Waals surface area (Å²) in [6.07, 6.45) is 5.16. The van der Waals surface area contributed by atoms with Crippen molar-refractivity contribution < 1.29 is 8.42 Å². The van der Waals surface area contributed by atoms with Crippen molar-refractivity contribution in [2.24, 2.45) is 11.8 Å². The molecule has 2 saturated carbocycles. The molecule has 0 aliphatic heterocycles. The summed E-state index contributed by atoms with van der Waals surface area (Å²) in [5.41, 5.74) is 1.42. The zero-order valence-electron chi connectivity index (χ0n) is 14.4. The molecule has 5 nitrogen and oxygen atoms in total. The summed E-state index contributed by atoms with van der Waals surface area (Å²) >= 11 is 5.43. The second kappa shape index (κ2) is 6.61. The fourth-order valence-electron chi connectivity index (χ4n) is 3.91. The van der Waals surface area contributed by atoms with E-state index in [-0.39, 0.29) is 0 Å². The highest BCUT2D eigenvalue weighted by atomic mass is 32.2. The Kier molecular flexibility index (Phi) is 4.86. The van der Waals surface area contributed by atoms with Crippen molar-refractivity contribution in [3.05, 3.63) is 23.8 Å². The second-order valence-corrected chi connectivity index (χ2v) is 9.68. The number of hydrogen-bond donors (Lipinski definition) is 2. The van der Waals surface area contributed by atoms with Gasteiger partial charge in [-0.2, -0.15) is 0 Å². The molecule has 7 heteroatoms. The van der Waals surface area contributed by atoms with Crippen molar-refractivity contribution in [3.8, 4) is 0 Å². The molecule has 2 bridgehead atoms. The lowest BCUT2D eigenvalue weighted by Crippen LogP contribution is -2.40. The number of rotatable bonds is 4. The van der Waals surface area contributed by atoms with Crippen molar-refractivity contribution in [2.45, 2.75) is 43.5 Å². The Morgan fingerprint density at radius 3 is 2.58 bits per heavy atom. The van der Waals surface area contributed by atoms with Crippen molar-refractivity contribution in [1.29, 1.82) is 0 Å². The van der Waals surface area contributed by atoms with Crippen molar-refractivity contribution >= 4 is 33.0 Å². The Hall–Kier alpha value is -1.18. The van der Waals surface area contributed by atoms with Gasteiger partial charge in [-0.25, -0.2) is 12.7 Å². The van der Waals surface area contributed by atoms with Crippen LogP contribution in [-0.4, -0.2) is 38.0 Å². The first-order valence-electron chi connectivity index (χ1n) is 8.38. The van der Waals surface area contributed by atoms with Gasteiger partial charge in [0.05, 0.1) is 4.90 Å². The van der Waals surface area contributed by atoms with E-state index in [0.717, 1.165) is 17.4 Å². The molecular weight excluding hydrogens is 342 g/mol. The lowest BCUT2D eigenvalue weighted by atomic mass is 9.96. The molecule has 3 atom stereocenters. The molecule has 2 aliphatic carbocycles. The molecule has 2 N–H and O–H groups in total. The van der Waals surface area contributed by atoms with E-state index in [1.807, 2.05) is 6.07 Å². The van der Waals surface area contributed by atoms with Crippen molar-refractivity contribution in [1.82, 2.24) is 9.62 Å². The van der Waals surface area contributed by atoms with Crippen LogP contribution < -0.4 is 10.6 Å². The molecular formula is C17H25N3O2S2. The molecule has 0 amide bonds. The Balaban J connectivity index is 1.70. The summed E-state index contributed by atoms with van der Waals surface area (Å²) in [6, 6.07) is 5.77. The Bertz CT molecular complexity index is 746. The van der Waals surface area contributed by atoms with Gasteiger partial charge in [0.15, 0.2) is 5.11 Å². The zero-order chi connectivity index (χ0) is 17.5. The number of nitrogens with one attached hydrogen (secondary N) is 2. The highest BCUT2D eigenvalue weighted by molar-refractivity contribution is 7.89. The lowest BCUT2D eigenvalue weighted by molar-refractivity contribution is 0.392. The number of nitrogens with zero attached hydrogens (tertiary/aromatic N) is 1. The predicted molar refractivity (Wildman–Crippen MR) is 101 cm³/mol. The van der Waals surface area contributed by atoms with Gasteiger partial charge in [0, 0.05) is 25.8 Å². The van der Waals surface area contributed by atoms with E-state index in [1.165, 1.54) is 44.1 Å². The van der Waals surface area contributed by atoms with E-state index in [9.17, 15) is 8.42 Å². The molecule has 0 unspecified atom stereocenters. The van der Waals surface area contributed by atoms with Crippen LogP contribution in [-0.2, 0) is 10.0 Å². The molecule has 132 valence electrons. The minimum atomic E-state index is -3.47. The van der Waals surface area contributed by atoms with E-state index in [2.05, 4.69) is 10.6 Å². The highest BCUT2D eigenvalue weighted by Crippen LogP contribution is 2.44. The number of aryl methyl sites for hydroxylation is 1. The van der Waals surface area contributed by atoms with Gasteiger partial charge in [0.25, 0.3) is 0 Å². The van der Waals surface area contributed by atoms with Gasteiger partial charge in [0.1, 0.15) is 0 Å². The molecule has 2 aliphatic rings. The first kappa shape index (κ1) is 17.6. The third-order valence-electron chi connectivity index (χ3n) is 5.26. The summed E-state index contributed by atoms with van der Waals surface area (Å²) in [7, 11) is -0.390.